The molecule has 15 heavy (non-hydrogen) atoms. The van der Waals surface area contributed by atoms with E-state index in [1.807, 2.05) is 17.8 Å². The van der Waals surface area contributed by atoms with Gasteiger partial charge in [0.25, 0.3) is 0 Å². The van der Waals surface area contributed by atoms with Crippen LogP contribution in [-0.4, -0.2) is 21.3 Å². The number of anilines is 1. The maximum absolute atomic E-state index is 4.31. The average Bonchev–Trinajstić information content (AvgIpc) is 2.83. The topological polar surface area (TPSA) is 42.7 Å². The van der Waals surface area contributed by atoms with E-state index in [0.717, 1.165) is 12.4 Å². The van der Waals surface area contributed by atoms with Gasteiger partial charge in [0.2, 0.25) is 0 Å². The van der Waals surface area contributed by atoms with Gasteiger partial charge in [0.05, 0.1) is 5.92 Å². The summed E-state index contributed by atoms with van der Waals surface area (Å²) in [5.41, 5.74) is 2.53. The molecule has 0 spiro atoms. The first-order valence-electron chi connectivity index (χ1n) is 5.03. The first kappa shape index (κ1) is 8.47. The van der Waals surface area contributed by atoms with Crippen LogP contribution in [0.3, 0.4) is 0 Å². The fourth-order valence-corrected chi connectivity index (χ4v) is 2.13. The van der Waals surface area contributed by atoms with E-state index in [9.17, 15) is 0 Å². The van der Waals surface area contributed by atoms with Crippen LogP contribution in [-0.2, 0) is 7.05 Å². The number of aryl methyl sites for hydroxylation is 1. The smallest absolute Gasteiger partial charge is 0.138 e. The standard InChI is InChI=1S/C11H12N4/c1-15-11(13-7-14-15)9-6-12-10-5-3-2-4-8(9)10/h2-5,7,9,12H,6H2,1H3. The van der Waals surface area contributed by atoms with Crippen LogP contribution in [0.15, 0.2) is 30.6 Å². The summed E-state index contributed by atoms with van der Waals surface area (Å²) in [6, 6.07) is 8.36. The molecule has 4 nitrogen and oxygen atoms in total. The maximum atomic E-state index is 4.31. The third kappa shape index (κ3) is 1.21. The molecule has 1 atom stereocenters. The lowest BCUT2D eigenvalue weighted by molar-refractivity contribution is 0.670. The quantitative estimate of drug-likeness (QED) is 0.756. The van der Waals surface area contributed by atoms with Crippen LogP contribution in [0.25, 0.3) is 0 Å². The number of hydrogen-bond acceptors (Lipinski definition) is 3. The van der Waals surface area contributed by atoms with Gasteiger partial charge in [-0.05, 0) is 11.6 Å². The van der Waals surface area contributed by atoms with Crippen molar-refractivity contribution in [3.8, 4) is 0 Å². The van der Waals surface area contributed by atoms with Gasteiger partial charge in [-0.3, -0.25) is 4.68 Å². The predicted molar refractivity (Wildman–Crippen MR) is 57.8 cm³/mol. The summed E-state index contributed by atoms with van der Waals surface area (Å²) < 4.78 is 1.84. The van der Waals surface area contributed by atoms with Crippen LogP contribution < -0.4 is 5.32 Å². The molecule has 1 N–H and O–H groups in total. The molecule has 76 valence electrons. The van der Waals surface area contributed by atoms with Crippen LogP contribution in [0.2, 0.25) is 0 Å². The number of para-hydroxylation sites is 1. The Morgan fingerprint density at radius 2 is 2.27 bits per heavy atom. The molecule has 1 aromatic carbocycles. The largest absolute Gasteiger partial charge is 0.384 e. The van der Waals surface area contributed by atoms with Crippen molar-refractivity contribution < 1.29 is 0 Å². The summed E-state index contributed by atoms with van der Waals surface area (Å²) in [6.45, 7) is 0.909. The van der Waals surface area contributed by atoms with Crippen molar-refractivity contribution in [1.29, 1.82) is 0 Å². The van der Waals surface area contributed by atoms with Crippen molar-refractivity contribution in [1.82, 2.24) is 14.8 Å². The lowest BCUT2D eigenvalue weighted by Crippen LogP contribution is -2.10. The number of benzene rings is 1. The van der Waals surface area contributed by atoms with Crippen LogP contribution in [0.4, 0.5) is 5.69 Å². The van der Waals surface area contributed by atoms with E-state index in [1.165, 1.54) is 11.3 Å². The minimum atomic E-state index is 0.327. The Bertz CT molecular complexity index is 489. The van der Waals surface area contributed by atoms with E-state index in [1.54, 1.807) is 6.33 Å². The second kappa shape index (κ2) is 3.08. The van der Waals surface area contributed by atoms with Gasteiger partial charge in [-0.25, -0.2) is 4.98 Å². The highest BCUT2D eigenvalue weighted by atomic mass is 15.3. The van der Waals surface area contributed by atoms with Crippen molar-refractivity contribution in [2.24, 2.45) is 7.05 Å². The SMILES string of the molecule is Cn1ncnc1C1CNc2ccccc21. The molecule has 2 aromatic rings. The van der Waals surface area contributed by atoms with Crippen LogP contribution in [0.5, 0.6) is 0 Å². The molecule has 0 radical (unpaired) electrons. The number of nitrogens with zero attached hydrogens (tertiary/aromatic N) is 3. The van der Waals surface area contributed by atoms with Crippen molar-refractivity contribution in [3.05, 3.63) is 42.0 Å². The molecule has 1 aliphatic heterocycles. The fourth-order valence-electron chi connectivity index (χ4n) is 2.13. The minimum absolute atomic E-state index is 0.327. The number of nitrogens with one attached hydrogen (secondary N) is 1. The number of fused-ring (bicyclic) bond motifs is 1. The van der Waals surface area contributed by atoms with Crippen molar-refractivity contribution in [2.75, 3.05) is 11.9 Å². The van der Waals surface area contributed by atoms with Gasteiger partial charge in [0.1, 0.15) is 12.2 Å². The highest BCUT2D eigenvalue weighted by molar-refractivity contribution is 5.59. The van der Waals surface area contributed by atoms with Crippen LogP contribution in [0, 0.1) is 0 Å². The van der Waals surface area contributed by atoms with Crippen LogP contribution in [0.1, 0.15) is 17.3 Å². The first-order chi connectivity index (χ1) is 7.36. The zero-order chi connectivity index (χ0) is 10.3. The lowest BCUT2D eigenvalue weighted by Gasteiger charge is -2.08. The Labute approximate surface area is 88.0 Å². The molecular formula is C11H12N4. The summed E-state index contributed by atoms with van der Waals surface area (Å²) >= 11 is 0. The van der Waals surface area contributed by atoms with Gasteiger partial charge in [-0.15, -0.1) is 0 Å². The zero-order valence-electron chi connectivity index (χ0n) is 8.51. The molecule has 0 saturated heterocycles. The van der Waals surface area contributed by atoms with E-state index in [-0.39, 0.29) is 0 Å². The average molecular weight is 200 g/mol. The Balaban J connectivity index is 2.08. The van der Waals surface area contributed by atoms with E-state index < -0.39 is 0 Å². The Morgan fingerprint density at radius 3 is 3.07 bits per heavy atom. The Kier molecular flexibility index (Phi) is 1.74. The van der Waals surface area contributed by atoms with Crippen molar-refractivity contribution >= 4 is 5.69 Å². The van der Waals surface area contributed by atoms with E-state index in [0.29, 0.717) is 5.92 Å². The minimum Gasteiger partial charge on any atom is -0.384 e. The molecule has 1 aromatic heterocycles. The molecule has 2 heterocycles. The lowest BCUT2D eigenvalue weighted by atomic mass is 10.0. The van der Waals surface area contributed by atoms with Crippen molar-refractivity contribution in [2.45, 2.75) is 5.92 Å². The molecule has 0 fully saturated rings. The number of hydrogen-bond donors (Lipinski definition) is 1. The van der Waals surface area contributed by atoms with E-state index in [4.69, 9.17) is 0 Å². The third-order valence-electron chi connectivity index (χ3n) is 2.89. The van der Waals surface area contributed by atoms with Gasteiger partial charge in [-0.2, -0.15) is 5.10 Å². The Hall–Kier alpha value is -1.84. The van der Waals surface area contributed by atoms with Gasteiger partial charge < -0.3 is 5.32 Å². The van der Waals surface area contributed by atoms with E-state index in [2.05, 4.69) is 33.6 Å². The first-order valence-corrected chi connectivity index (χ1v) is 5.03. The molecule has 0 bridgehead atoms. The summed E-state index contributed by atoms with van der Waals surface area (Å²) in [5.74, 6) is 1.35. The summed E-state index contributed by atoms with van der Waals surface area (Å²) in [6.07, 6.45) is 1.61. The van der Waals surface area contributed by atoms with Gasteiger partial charge in [0, 0.05) is 19.3 Å². The number of rotatable bonds is 1. The molecule has 1 unspecified atom stereocenters. The molecule has 0 saturated carbocycles. The summed E-state index contributed by atoms with van der Waals surface area (Å²) in [4.78, 5) is 4.31. The third-order valence-corrected chi connectivity index (χ3v) is 2.89. The zero-order valence-corrected chi connectivity index (χ0v) is 8.51. The van der Waals surface area contributed by atoms with Gasteiger partial charge >= 0.3 is 0 Å². The molecule has 0 amide bonds. The second-order valence-corrected chi connectivity index (χ2v) is 3.76. The normalized spacial score (nSPS) is 18.6. The molecule has 1 aliphatic rings. The second-order valence-electron chi connectivity index (χ2n) is 3.76. The molecule has 3 rings (SSSR count). The van der Waals surface area contributed by atoms with Crippen LogP contribution >= 0.6 is 0 Å². The Morgan fingerprint density at radius 1 is 1.40 bits per heavy atom. The number of aromatic nitrogens is 3. The predicted octanol–water partition coefficient (Wildman–Crippen LogP) is 1.37. The molecule has 0 aliphatic carbocycles. The maximum Gasteiger partial charge on any atom is 0.138 e. The highest BCUT2D eigenvalue weighted by Gasteiger charge is 2.26. The molecular weight excluding hydrogens is 188 g/mol. The summed E-state index contributed by atoms with van der Waals surface area (Å²) in [7, 11) is 1.93. The van der Waals surface area contributed by atoms with Crippen molar-refractivity contribution in [3.63, 3.8) is 0 Å². The van der Waals surface area contributed by atoms with E-state index >= 15 is 0 Å². The molecule has 4 heteroatoms. The van der Waals surface area contributed by atoms with Gasteiger partial charge in [0.15, 0.2) is 0 Å². The summed E-state index contributed by atoms with van der Waals surface area (Å²) in [5, 5.41) is 7.50. The fraction of sp³-hybridized carbons (Fsp3) is 0.273. The van der Waals surface area contributed by atoms with Gasteiger partial charge in [-0.1, -0.05) is 18.2 Å². The highest BCUT2D eigenvalue weighted by Crippen LogP contribution is 2.34. The monoisotopic (exact) mass is 200 g/mol.